The number of carboxylic acid groups (broad SMARTS) is 1. The Kier molecular flexibility index (Phi) is 11.8. The molecule has 0 spiro atoms. The molecule has 0 aromatic heterocycles. The Bertz CT molecular complexity index is 1770. The summed E-state index contributed by atoms with van der Waals surface area (Å²) in [5.74, 6) is -1.90. The highest BCUT2D eigenvalue weighted by Gasteiger charge is 2.32. The maximum atomic E-state index is 13.9. The van der Waals surface area contributed by atoms with Crippen molar-refractivity contribution in [3.63, 3.8) is 0 Å². The average molecular weight is 690 g/mol. The molecule has 0 aliphatic heterocycles. The van der Waals surface area contributed by atoms with Gasteiger partial charge in [-0.2, -0.15) is 0 Å². The number of nitrogens with one attached hydrogen (secondary N) is 2. The van der Waals surface area contributed by atoms with Gasteiger partial charge in [-0.15, -0.1) is 13.2 Å². The van der Waals surface area contributed by atoms with E-state index in [9.17, 15) is 32.7 Å². The summed E-state index contributed by atoms with van der Waals surface area (Å²) >= 11 is 0. The van der Waals surface area contributed by atoms with E-state index >= 15 is 0 Å². The van der Waals surface area contributed by atoms with Gasteiger partial charge in [-0.25, -0.2) is 9.59 Å². The third kappa shape index (κ3) is 9.63. The van der Waals surface area contributed by atoms with E-state index in [2.05, 4.69) is 15.4 Å². The van der Waals surface area contributed by atoms with Crippen molar-refractivity contribution < 1.29 is 42.5 Å². The second-order valence-corrected chi connectivity index (χ2v) is 12.1. The summed E-state index contributed by atoms with van der Waals surface area (Å²) < 4.78 is 43.8. The topological polar surface area (TPSA) is 128 Å². The molecular formula is C38H38F3N3O6. The van der Waals surface area contributed by atoms with Crippen LogP contribution in [-0.4, -0.2) is 47.1 Å². The first-order valence-corrected chi connectivity index (χ1v) is 16.3. The van der Waals surface area contributed by atoms with Crippen LogP contribution in [0.25, 0.3) is 11.1 Å². The first-order chi connectivity index (χ1) is 24.0. The number of aliphatic hydroxyl groups excluding tert-OH is 1. The zero-order valence-corrected chi connectivity index (χ0v) is 27.2. The van der Waals surface area contributed by atoms with E-state index in [1.54, 1.807) is 47.4 Å². The summed E-state index contributed by atoms with van der Waals surface area (Å²) in [6.07, 6.45) is -0.768. The zero-order valence-electron chi connectivity index (χ0n) is 27.2. The highest BCUT2D eigenvalue weighted by molar-refractivity contribution is 5.95. The van der Waals surface area contributed by atoms with Gasteiger partial charge in [0, 0.05) is 23.4 Å². The summed E-state index contributed by atoms with van der Waals surface area (Å²) in [6, 6.07) is 26.5. The van der Waals surface area contributed by atoms with Crippen molar-refractivity contribution in [3.05, 3.63) is 119 Å². The summed E-state index contributed by atoms with van der Waals surface area (Å²) in [4.78, 5) is 38.8. The molecule has 12 heteroatoms. The standard InChI is InChI=1S/C38H38F3N3O6/c39-38(40,41)50-34-13-7-6-12-32(34)31-11-5-4-10-29(31)22-43-37(49)44(30-20-18-27(19-21-30)26-8-2-1-3-9-26)24-25-14-16-28(17-15-25)35(46)42-23-33(45)36(47)48/h4-7,10-21,26,33,45H,1-3,8-9,22-24H2,(H,42,46)(H,43,49)(H,47,48)/t33-/m1/s1. The largest absolute Gasteiger partial charge is 0.573 e. The minimum absolute atomic E-state index is 0.00726. The van der Waals surface area contributed by atoms with Crippen LogP contribution in [0, 0.1) is 0 Å². The van der Waals surface area contributed by atoms with Crippen LogP contribution in [0.15, 0.2) is 97.1 Å². The van der Waals surface area contributed by atoms with E-state index in [0.717, 1.165) is 12.8 Å². The predicted octanol–water partition coefficient (Wildman–Crippen LogP) is 7.39. The monoisotopic (exact) mass is 689 g/mol. The predicted molar refractivity (Wildman–Crippen MR) is 182 cm³/mol. The van der Waals surface area contributed by atoms with E-state index in [-0.39, 0.29) is 30.0 Å². The Hall–Kier alpha value is -5.36. The van der Waals surface area contributed by atoms with Gasteiger partial charge in [0.1, 0.15) is 5.75 Å². The van der Waals surface area contributed by atoms with Gasteiger partial charge < -0.3 is 25.6 Å². The molecule has 1 saturated carbocycles. The average Bonchev–Trinajstić information content (AvgIpc) is 3.12. The fourth-order valence-corrected chi connectivity index (χ4v) is 6.07. The number of alkyl halides is 3. The number of benzene rings is 4. The fraction of sp³-hybridized carbons (Fsp3) is 0.289. The lowest BCUT2D eigenvalue weighted by atomic mass is 9.84. The number of rotatable bonds is 12. The number of carbonyl (C=O) groups is 3. The van der Waals surface area contributed by atoms with Crippen LogP contribution in [-0.2, 0) is 17.9 Å². The van der Waals surface area contributed by atoms with Crippen LogP contribution in [0.2, 0.25) is 0 Å². The number of hydrogen-bond acceptors (Lipinski definition) is 5. The molecule has 1 aliphatic rings. The van der Waals surface area contributed by atoms with Crippen molar-refractivity contribution in [1.29, 1.82) is 0 Å². The first-order valence-electron chi connectivity index (χ1n) is 16.3. The van der Waals surface area contributed by atoms with Gasteiger partial charge in [0.2, 0.25) is 0 Å². The van der Waals surface area contributed by atoms with Crippen molar-refractivity contribution in [2.24, 2.45) is 0 Å². The molecule has 0 unspecified atom stereocenters. The number of ether oxygens (including phenoxy) is 1. The highest BCUT2D eigenvalue weighted by atomic mass is 19.4. The van der Waals surface area contributed by atoms with Gasteiger partial charge in [-0.1, -0.05) is 86.0 Å². The molecule has 262 valence electrons. The van der Waals surface area contributed by atoms with Crippen molar-refractivity contribution in [2.45, 2.75) is 63.6 Å². The van der Waals surface area contributed by atoms with Crippen molar-refractivity contribution >= 4 is 23.6 Å². The Balaban J connectivity index is 1.36. The SMILES string of the molecule is O=C(NC[C@@H](O)C(=O)O)c1ccc(CN(C(=O)NCc2ccccc2-c2ccccc2OC(F)(F)F)c2ccc(C3CCCCC3)cc2)cc1. The van der Waals surface area contributed by atoms with Gasteiger partial charge in [0.15, 0.2) is 6.10 Å². The molecule has 0 saturated heterocycles. The van der Waals surface area contributed by atoms with Crippen molar-refractivity contribution in [3.8, 4) is 16.9 Å². The van der Waals surface area contributed by atoms with E-state index < -0.39 is 36.9 Å². The molecular weight excluding hydrogens is 651 g/mol. The summed E-state index contributed by atoms with van der Waals surface area (Å²) in [5.41, 5.74) is 4.06. The highest BCUT2D eigenvalue weighted by Crippen LogP contribution is 2.36. The number of carbonyl (C=O) groups excluding carboxylic acids is 2. The normalized spacial score (nSPS) is 14.0. The number of anilines is 1. The molecule has 1 fully saturated rings. The third-order valence-corrected chi connectivity index (χ3v) is 8.67. The summed E-state index contributed by atoms with van der Waals surface area (Å²) in [6.45, 7) is -0.323. The van der Waals surface area contributed by atoms with Crippen LogP contribution in [0.3, 0.4) is 0 Å². The number of nitrogens with zero attached hydrogens (tertiary/aromatic N) is 1. The molecule has 1 atom stereocenters. The van der Waals surface area contributed by atoms with Gasteiger partial charge in [-0.3, -0.25) is 9.69 Å². The van der Waals surface area contributed by atoms with E-state index in [1.807, 2.05) is 24.3 Å². The summed E-state index contributed by atoms with van der Waals surface area (Å²) in [5, 5.41) is 23.6. The molecule has 5 rings (SSSR count). The fourth-order valence-electron chi connectivity index (χ4n) is 6.07. The minimum Gasteiger partial charge on any atom is -0.479 e. The maximum absolute atomic E-state index is 13.9. The number of amides is 3. The quantitative estimate of drug-likeness (QED) is 0.123. The van der Waals surface area contributed by atoms with Gasteiger partial charge in [0.25, 0.3) is 5.91 Å². The van der Waals surface area contributed by atoms with Crippen molar-refractivity contribution in [1.82, 2.24) is 10.6 Å². The lowest BCUT2D eigenvalue weighted by Crippen LogP contribution is -2.39. The number of halogens is 3. The summed E-state index contributed by atoms with van der Waals surface area (Å²) in [7, 11) is 0. The van der Waals surface area contributed by atoms with Crippen LogP contribution in [0.1, 0.15) is 65.1 Å². The molecule has 0 radical (unpaired) electrons. The Labute approximate surface area is 287 Å². The molecule has 4 aromatic carbocycles. The Morgan fingerprint density at radius 2 is 1.46 bits per heavy atom. The Morgan fingerprint density at radius 3 is 2.12 bits per heavy atom. The molecule has 4 aromatic rings. The van der Waals surface area contributed by atoms with Crippen LogP contribution >= 0.6 is 0 Å². The third-order valence-electron chi connectivity index (χ3n) is 8.67. The first kappa shape index (κ1) is 35.9. The molecule has 3 amide bonds. The number of carboxylic acids is 1. The van der Waals surface area contributed by atoms with E-state index in [0.29, 0.717) is 28.3 Å². The van der Waals surface area contributed by atoms with Crippen LogP contribution in [0.5, 0.6) is 5.75 Å². The molecule has 4 N–H and O–H groups in total. The number of hydrogen-bond donors (Lipinski definition) is 4. The van der Waals surface area contributed by atoms with Crippen LogP contribution in [0.4, 0.5) is 23.7 Å². The van der Waals surface area contributed by atoms with E-state index in [1.165, 1.54) is 55.2 Å². The molecule has 9 nitrogen and oxygen atoms in total. The van der Waals surface area contributed by atoms with Gasteiger partial charge in [-0.05, 0) is 71.3 Å². The van der Waals surface area contributed by atoms with Crippen LogP contribution < -0.4 is 20.3 Å². The molecule has 1 aliphatic carbocycles. The van der Waals surface area contributed by atoms with Crippen molar-refractivity contribution in [2.75, 3.05) is 11.4 Å². The minimum atomic E-state index is -4.88. The molecule has 0 bridgehead atoms. The van der Waals surface area contributed by atoms with E-state index in [4.69, 9.17) is 5.11 Å². The molecule has 0 heterocycles. The number of para-hydroxylation sites is 1. The van der Waals surface area contributed by atoms with Gasteiger partial charge >= 0.3 is 18.4 Å². The zero-order chi connectivity index (χ0) is 35.7. The van der Waals surface area contributed by atoms with Gasteiger partial charge in [0.05, 0.1) is 13.1 Å². The second-order valence-electron chi connectivity index (χ2n) is 12.1. The number of aliphatic carboxylic acids is 1. The number of urea groups is 1. The maximum Gasteiger partial charge on any atom is 0.573 e. The number of aliphatic hydroxyl groups is 1. The lowest BCUT2D eigenvalue weighted by Gasteiger charge is -2.26. The lowest BCUT2D eigenvalue weighted by molar-refractivity contribution is -0.274. The molecule has 50 heavy (non-hydrogen) atoms. The second kappa shape index (κ2) is 16.4. The Morgan fingerprint density at radius 1 is 0.820 bits per heavy atom. The smallest absolute Gasteiger partial charge is 0.479 e.